The van der Waals surface area contributed by atoms with Crippen molar-refractivity contribution in [1.82, 2.24) is 0 Å². The van der Waals surface area contributed by atoms with Crippen molar-refractivity contribution >= 4 is 5.97 Å². The first kappa shape index (κ1) is 26.6. The number of unbranched alkanes of at least 4 members (excludes halogenated alkanes) is 4. The van der Waals surface area contributed by atoms with Crippen LogP contribution in [-0.2, 0) is 9.53 Å². The molecule has 1 aromatic carbocycles. The van der Waals surface area contributed by atoms with Gasteiger partial charge in [-0.15, -0.1) is 0 Å². The molecule has 0 heterocycles. The summed E-state index contributed by atoms with van der Waals surface area (Å²) in [7, 11) is 0. The van der Waals surface area contributed by atoms with Crippen LogP contribution in [0.25, 0.3) is 0 Å². The molecule has 2 aliphatic carbocycles. The standard InChI is InChI=1S/C28H39F2NO3/c1-2-3-4-5-6-7-20-8-10-21(11-9-20)19-33-23-14-12-22(13-15-23)28(32)34-24-16-26(29)25(18-31)27(30)17-24/h16-17,20-23H,2-15,19H2,1H3/t20-,21-,22-,23-. The van der Waals surface area contributed by atoms with Gasteiger partial charge in [-0.3, -0.25) is 4.79 Å². The van der Waals surface area contributed by atoms with E-state index in [2.05, 4.69) is 6.92 Å². The maximum Gasteiger partial charge on any atom is 0.314 e. The minimum atomic E-state index is -1.02. The van der Waals surface area contributed by atoms with Crippen molar-refractivity contribution in [3.05, 3.63) is 29.3 Å². The van der Waals surface area contributed by atoms with Crippen LogP contribution in [0, 0.1) is 40.7 Å². The number of esters is 1. The average Bonchev–Trinajstić information content (AvgIpc) is 2.83. The van der Waals surface area contributed by atoms with E-state index in [1.807, 2.05) is 0 Å². The van der Waals surface area contributed by atoms with Crippen molar-refractivity contribution in [1.29, 1.82) is 5.26 Å². The minimum absolute atomic E-state index is 0.171. The number of nitriles is 1. The number of rotatable bonds is 11. The van der Waals surface area contributed by atoms with Crippen LogP contribution in [0.3, 0.4) is 0 Å². The molecule has 0 atom stereocenters. The van der Waals surface area contributed by atoms with E-state index in [-0.39, 0.29) is 17.8 Å². The Bertz CT molecular complexity index is 798. The van der Waals surface area contributed by atoms with Gasteiger partial charge in [0.15, 0.2) is 0 Å². The second-order valence-electron chi connectivity index (χ2n) is 10.2. The van der Waals surface area contributed by atoms with Gasteiger partial charge in [0.25, 0.3) is 0 Å². The van der Waals surface area contributed by atoms with Crippen molar-refractivity contribution in [2.24, 2.45) is 17.8 Å². The summed E-state index contributed by atoms with van der Waals surface area (Å²) in [5.41, 5.74) is -0.673. The Kier molecular flexibility index (Phi) is 10.8. The monoisotopic (exact) mass is 475 g/mol. The molecule has 0 saturated heterocycles. The molecule has 6 heteroatoms. The van der Waals surface area contributed by atoms with Crippen molar-refractivity contribution < 1.29 is 23.0 Å². The largest absolute Gasteiger partial charge is 0.426 e. The van der Waals surface area contributed by atoms with Crippen molar-refractivity contribution in [2.45, 2.75) is 103 Å². The van der Waals surface area contributed by atoms with E-state index in [1.165, 1.54) is 70.3 Å². The number of ether oxygens (including phenoxy) is 2. The third kappa shape index (κ3) is 8.05. The second-order valence-corrected chi connectivity index (χ2v) is 10.2. The molecule has 0 radical (unpaired) electrons. The van der Waals surface area contributed by atoms with Crippen LogP contribution in [0.2, 0.25) is 0 Å². The fourth-order valence-electron chi connectivity index (χ4n) is 5.38. The summed E-state index contributed by atoms with van der Waals surface area (Å²) in [6.07, 6.45) is 16.4. The zero-order valence-electron chi connectivity index (χ0n) is 20.5. The van der Waals surface area contributed by atoms with E-state index in [0.29, 0.717) is 18.8 Å². The van der Waals surface area contributed by atoms with Crippen LogP contribution in [0.5, 0.6) is 5.75 Å². The Labute approximate surface area is 203 Å². The lowest BCUT2D eigenvalue weighted by molar-refractivity contribution is -0.141. The number of nitrogens with zero attached hydrogens (tertiary/aromatic N) is 1. The molecule has 3 rings (SSSR count). The van der Waals surface area contributed by atoms with Gasteiger partial charge in [0.2, 0.25) is 0 Å². The average molecular weight is 476 g/mol. The Morgan fingerprint density at radius 3 is 2.18 bits per heavy atom. The molecule has 4 nitrogen and oxygen atoms in total. The van der Waals surface area contributed by atoms with Gasteiger partial charge in [0.1, 0.15) is 29.0 Å². The summed E-state index contributed by atoms with van der Waals surface area (Å²) >= 11 is 0. The van der Waals surface area contributed by atoms with Gasteiger partial charge in [0, 0.05) is 18.7 Å². The van der Waals surface area contributed by atoms with E-state index in [9.17, 15) is 13.6 Å². The van der Waals surface area contributed by atoms with Crippen LogP contribution in [0.4, 0.5) is 8.78 Å². The number of benzene rings is 1. The fourth-order valence-corrected chi connectivity index (χ4v) is 5.38. The molecule has 0 aromatic heterocycles. The molecule has 2 aliphatic rings. The van der Waals surface area contributed by atoms with Gasteiger partial charge in [-0.05, 0) is 50.4 Å². The number of carbonyl (C=O) groups is 1. The molecule has 34 heavy (non-hydrogen) atoms. The van der Waals surface area contributed by atoms with Gasteiger partial charge in [-0.25, -0.2) is 8.78 Å². The van der Waals surface area contributed by atoms with Gasteiger partial charge in [-0.1, -0.05) is 58.3 Å². The van der Waals surface area contributed by atoms with E-state index >= 15 is 0 Å². The van der Waals surface area contributed by atoms with Gasteiger partial charge < -0.3 is 9.47 Å². The third-order valence-corrected chi connectivity index (χ3v) is 7.60. The Morgan fingerprint density at radius 1 is 0.941 bits per heavy atom. The number of hydrogen-bond donors (Lipinski definition) is 0. The molecule has 188 valence electrons. The highest BCUT2D eigenvalue weighted by Crippen LogP contribution is 2.34. The first-order valence-electron chi connectivity index (χ1n) is 13.2. The first-order valence-corrected chi connectivity index (χ1v) is 13.2. The van der Waals surface area contributed by atoms with Crippen molar-refractivity contribution in [2.75, 3.05) is 6.61 Å². The number of carbonyl (C=O) groups excluding carboxylic acids is 1. The van der Waals surface area contributed by atoms with E-state index in [1.54, 1.807) is 0 Å². The molecule has 0 unspecified atom stereocenters. The van der Waals surface area contributed by atoms with Crippen LogP contribution in [0.15, 0.2) is 12.1 Å². The highest BCUT2D eigenvalue weighted by Gasteiger charge is 2.29. The van der Waals surface area contributed by atoms with E-state index in [0.717, 1.165) is 37.5 Å². The molecular weight excluding hydrogens is 436 g/mol. The molecule has 2 fully saturated rings. The molecule has 0 bridgehead atoms. The summed E-state index contributed by atoms with van der Waals surface area (Å²) < 4.78 is 38.9. The maximum atomic E-state index is 13.7. The fraction of sp³-hybridized carbons (Fsp3) is 0.714. The quantitative estimate of drug-likeness (QED) is 0.189. The Balaban J connectivity index is 1.31. The summed E-state index contributed by atoms with van der Waals surface area (Å²) in [6, 6.07) is 3.23. The van der Waals surface area contributed by atoms with Crippen molar-refractivity contribution in [3.8, 4) is 11.8 Å². The number of halogens is 2. The minimum Gasteiger partial charge on any atom is -0.426 e. The predicted octanol–water partition coefficient (Wildman–Crippen LogP) is 7.48. The zero-order valence-corrected chi connectivity index (χ0v) is 20.5. The molecular formula is C28H39F2NO3. The lowest BCUT2D eigenvalue weighted by Gasteiger charge is -2.31. The second kappa shape index (κ2) is 13.8. The lowest BCUT2D eigenvalue weighted by atomic mass is 9.80. The Hall–Kier alpha value is -2.00. The predicted molar refractivity (Wildman–Crippen MR) is 127 cm³/mol. The SMILES string of the molecule is CCCCCCC[C@H]1CC[C@H](CO[C@H]2CC[C@H](C(=O)Oc3cc(F)c(C#N)c(F)c3)CC2)CC1. The summed E-state index contributed by atoms with van der Waals surface area (Å²) in [4.78, 5) is 12.4. The smallest absolute Gasteiger partial charge is 0.314 e. The topological polar surface area (TPSA) is 59.3 Å². The van der Waals surface area contributed by atoms with Gasteiger partial charge in [-0.2, -0.15) is 5.26 Å². The van der Waals surface area contributed by atoms with Crippen LogP contribution in [-0.4, -0.2) is 18.7 Å². The van der Waals surface area contributed by atoms with Crippen LogP contribution >= 0.6 is 0 Å². The molecule has 0 N–H and O–H groups in total. The lowest BCUT2D eigenvalue weighted by Crippen LogP contribution is -2.30. The van der Waals surface area contributed by atoms with Gasteiger partial charge in [0.05, 0.1) is 12.0 Å². The third-order valence-electron chi connectivity index (χ3n) is 7.60. The summed E-state index contributed by atoms with van der Waals surface area (Å²) in [6.45, 7) is 3.07. The van der Waals surface area contributed by atoms with Gasteiger partial charge >= 0.3 is 5.97 Å². The highest BCUT2D eigenvalue weighted by atomic mass is 19.1. The first-order chi connectivity index (χ1) is 16.5. The maximum absolute atomic E-state index is 13.7. The van der Waals surface area contributed by atoms with E-state index < -0.39 is 23.2 Å². The van der Waals surface area contributed by atoms with E-state index in [4.69, 9.17) is 14.7 Å². The molecule has 0 spiro atoms. The van der Waals surface area contributed by atoms with Crippen molar-refractivity contribution in [3.63, 3.8) is 0 Å². The van der Waals surface area contributed by atoms with Crippen LogP contribution < -0.4 is 4.74 Å². The normalized spacial score (nSPS) is 25.0. The zero-order chi connectivity index (χ0) is 24.3. The Morgan fingerprint density at radius 2 is 1.56 bits per heavy atom. The summed E-state index contributed by atoms with van der Waals surface area (Å²) in [5, 5.41) is 8.74. The van der Waals surface area contributed by atoms with Crippen LogP contribution in [0.1, 0.15) is 102 Å². The molecule has 0 amide bonds. The highest BCUT2D eigenvalue weighted by molar-refractivity contribution is 5.75. The summed E-state index contributed by atoms with van der Waals surface area (Å²) in [5.74, 6) is -1.47. The number of hydrogen-bond acceptors (Lipinski definition) is 4. The molecule has 2 saturated carbocycles. The molecule has 0 aliphatic heterocycles. The molecule has 1 aromatic rings.